The molecule has 5 nitrogen and oxygen atoms in total. The van der Waals surface area contributed by atoms with Crippen molar-refractivity contribution in [2.45, 2.75) is 25.9 Å². The number of methoxy groups -OCH3 is 1. The summed E-state index contributed by atoms with van der Waals surface area (Å²) in [5, 5.41) is 10.1. The molecule has 5 heteroatoms. The highest BCUT2D eigenvalue weighted by Gasteiger charge is 2.17. The van der Waals surface area contributed by atoms with Crippen molar-refractivity contribution in [3.8, 4) is 11.4 Å². The molecule has 0 radical (unpaired) electrons. The minimum absolute atomic E-state index is 0.150. The van der Waals surface area contributed by atoms with Crippen LogP contribution in [0, 0.1) is 0 Å². The Bertz CT molecular complexity index is 614. The monoisotopic (exact) mass is 286 g/mol. The lowest BCUT2D eigenvalue weighted by Crippen LogP contribution is -2.10. The zero-order valence-corrected chi connectivity index (χ0v) is 12.1. The van der Waals surface area contributed by atoms with Crippen LogP contribution >= 0.6 is 0 Å². The third kappa shape index (κ3) is 3.64. The molecule has 1 aromatic heterocycles. The molecule has 1 heterocycles. The van der Waals surface area contributed by atoms with E-state index < -0.39 is 12.1 Å². The van der Waals surface area contributed by atoms with Gasteiger partial charge in [0.25, 0.3) is 0 Å². The van der Waals surface area contributed by atoms with Gasteiger partial charge in [-0.05, 0) is 12.5 Å². The van der Waals surface area contributed by atoms with Gasteiger partial charge in [-0.3, -0.25) is 0 Å². The minimum atomic E-state index is -0.719. The maximum atomic E-state index is 11.7. The van der Waals surface area contributed by atoms with E-state index in [9.17, 15) is 9.90 Å². The molecule has 0 spiro atoms. The highest BCUT2D eigenvalue weighted by Crippen LogP contribution is 2.21. The number of hydrogen-bond acceptors (Lipinski definition) is 5. The van der Waals surface area contributed by atoms with E-state index in [0.29, 0.717) is 17.9 Å². The smallest absolute Gasteiger partial charge is 0.356 e. The van der Waals surface area contributed by atoms with Crippen LogP contribution in [0.4, 0.5) is 0 Å². The number of aliphatic hydroxyl groups is 1. The number of esters is 1. The maximum absolute atomic E-state index is 11.7. The topological polar surface area (TPSA) is 72.3 Å². The molecule has 0 aliphatic heterocycles. The molecule has 1 unspecified atom stereocenters. The van der Waals surface area contributed by atoms with Crippen molar-refractivity contribution in [1.82, 2.24) is 9.97 Å². The Balaban J connectivity index is 2.49. The molecule has 0 bridgehead atoms. The van der Waals surface area contributed by atoms with Crippen molar-refractivity contribution in [2.24, 2.45) is 0 Å². The Morgan fingerprint density at radius 2 is 2.00 bits per heavy atom. The van der Waals surface area contributed by atoms with Crippen LogP contribution in [-0.4, -0.2) is 28.2 Å². The van der Waals surface area contributed by atoms with Crippen LogP contribution in [0.25, 0.3) is 11.4 Å². The van der Waals surface area contributed by atoms with Crippen molar-refractivity contribution in [2.75, 3.05) is 7.11 Å². The molecule has 0 aliphatic carbocycles. The molecule has 0 saturated heterocycles. The van der Waals surface area contributed by atoms with Gasteiger partial charge in [0.2, 0.25) is 0 Å². The fourth-order valence-corrected chi connectivity index (χ4v) is 1.98. The van der Waals surface area contributed by atoms with Crippen molar-refractivity contribution in [3.63, 3.8) is 0 Å². The molecule has 0 fully saturated rings. The summed E-state index contributed by atoms with van der Waals surface area (Å²) < 4.78 is 4.71. The predicted octanol–water partition coefficient (Wildman–Crippen LogP) is 2.76. The molecule has 1 atom stereocenters. The second-order valence-electron chi connectivity index (χ2n) is 4.66. The first-order valence-corrected chi connectivity index (χ1v) is 6.86. The van der Waals surface area contributed by atoms with Gasteiger partial charge in [-0.15, -0.1) is 0 Å². The lowest BCUT2D eigenvalue weighted by molar-refractivity contribution is 0.0593. The zero-order valence-electron chi connectivity index (χ0n) is 12.1. The summed E-state index contributed by atoms with van der Waals surface area (Å²) in [5.41, 5.74) is 1.37. The summed E-state index contributed by atoms with van der Waals surface area (Å²) in [6.07, 6.45) is 0.675. The van der Waals surface area contributed by atoms with Crippen LogP contribution in [0.1, 0.15) is 42.1 Å². The van der Waals surface area contributed by atoms with E-state index in [-0.39, 0.29) is 5.69 Å². The molecule has 0 amide bonds. The van der Waals surface area contributed by atoms with E-state index in [2.05, 4.69) is 9.97 Å². The molecule has 1 aromatic carbocycles. The van der Waals surface area contributed by atoms with E-state index in [0.717, 1.165) is 12.0 Å². The van der Waals surface area contributed by atoms with Crippen LogP contribution in [0.3, 0.4) is 0 Å². The van der Waals surface area contributed by atoms with Crippen LogP contribution in [-0.2, 0) is 4.74 Å². The second kappa shape index (κ2) is 6.95. The van der Waals surface area contributed by atoms with Crippen molar-refractivity contribution < 1.29 is 14.6 Å². The summed E-state index contributed by atoms with van der Waals surface area (Å²) >= 11 is 0. The van der Waals surface area contributed by atoms with Gasteiger partial charge in [-0.25, -0.2) is 14.8 Å². The average molecular weight is 286 g/mol. The molecule has 21 heavy (non-hydrogen) atoms. The summed E-state index contributed by atoms with van der Waals surface area (Å²) in [5.74, 6) is -0.136. The van der Waals surface area contributed by atoms with Gasteiger partial charge < -0.3 is 9.84 Å². The van der Waals surface area contributed by atoms with E-state index in [1.54, 1.807) is 0 Å². The van der Waals surface area contributed by atoms with Gasteiger partial charge in [0, 0.05) is 5.56 Å². The number of nitrogens with zero attached hydrogens (tertiary/aromatic N) is 2. The van der Waals surface area contributed by atoms with Crippen LogP contribution in [0.2, 0.25) is 0 Å². The van der Waals surface area contributed by atoms with Crippen molar-refractivity contribution in [3.05, 3.63) is 47.8 Å². The number of hydrogen-bond donors (Lipinski definition) is 1. The first-order valence-electron chi connectivity index (χ1n) is 6.86. The summed E-state index contributed by atoms with van der Waals surface area (Å²) in [6, 6.07) is 10.8. The number of ether oxygens (including phenoxy) is 1. The molecule has 1 N–H and O–H groups in total. The fraction of sp³-hybridized carbons (Fsp3) is 0.312. The number of benzene rings is 1. The standard InChI is InChI=1S/C16H18N2O3/c1-3-7-14(19)12-10-13(16(20)21-2)18-15(17-12)11-8-5-4-6-9-11/h4-6,8-10,14,19H,3,7H2,1-2H3. The Kier molecular flexibility index (Phi) is 5.00. The van der Waals surface area contributed by atoms with Gasteiger partial charge in [0.1, 0.15) is 0 Å². The predicted molar refractivity (Wildman–Crippen MR) is 78.7 cm³/mol. The lowest BCUT2D eigenvalue weighted by atomic mass is 10.1. The Morgan fingerprint density at radius 1 is 1.29 bits per heavy atom. The number of aromatic nitrogens is 2. The molecular weight excluding hydrogens is 268 g/mol. The van der Waals surface area contributed by atoms with Gasteiger partial charge >= 0.3 is 5.97 Å². The first kappa shape index (κ1) is 15.1. The maximum Gasteiger partial charge on any atom is 0.356 e. The summed E-state index contributed by atoms with van der Waals surface area (Å²) in [4.78, 5) is 20.3. The molecule has 0 aliphatic rings. The largest absolute Gasteiger partial charge is 0.464 e. The highest BCUT2D eigenvalue weighted by molar-refractivity contribution is 5.87. The molecule has 0 saturated carbocycles. The number of rotatable bonds is 5. The van der Waals surface area contributed by atoms with Crippen LogP contribution < -0.4 is 0 Å². The van der Waals surface area contributed by atoms with Gasteiger partial charge in [0.05, 0.1) is 18.9 Å². The van der Waals surface area contributed by atoms with Crippen LogP contribution in [0.15, 0.2) is 36.4 Å². The van der Waals surface area contributed by atoms with E-state index in [1.165, 1.54) is 13.2 Å². The van der Waals surface area contributed by atoms with E-state index >= 15 is 0 Å². The Morgan fingerprint density at radius 3 is 2.62 bits per heavy atom. The molecular formula is C16H18N2O3. The zero-order chi connectivity index (χ0) is 15.2. The normalized spacial score (nSPS) is 12.0. The molecule has 2 aromatic rings. The van der Waals surface area contributed by atoms with Crippen molar-refractivity contribution in [1.29, 1.82) is 0 Å². The van der Waals surface area contributed by atoms with Crippen LogP contribution in [0.5, 0.6) is 0 Å². The van der Waals surface area contributed by atoms with Gasteiger partial charge in [0.15, 0.2) is 11.5 Å². The average Bonchev–Trinajstić information content (AvgIpc) is 2.54. The Labute approximate surface area is 123 Å². The minimum Gasteiger partial charge on any atom is -0.464 e. The van der Waals surface area contributed by atoms with Gasteiger partial charge in [-0.2, -0.15) is 0 Å². The van der Waals surface area contributed by atoms with Gasteiger partial charge in [-0.1, -0.05) is 43.7 Å². The first-order chi connectivity index (χ1) is 10.2. The molecule has 110 valence electrons. The SMILES string of the molecule is CCCC(O)c1cc(C(=O)OC)nc(-c2ccccc2)n1. The highest BCUT2D eigenvalue weighted by atomic mass is 16.5. The number of carbonyl (C=O) groups is 1. The quantitative estimate of drug-likeness (QED) is 0.856. The second-order valence-corrected chi connectivity index (χ2v) is 4.66. The lowest BCUT2D eigenvalue weighted by Gasteiger charge is -2.11. The third-order valence-corrected chi connectivity index (χ3v) is 3.08. The Hall–Kier alpha value is -2.27. The van der Waals surface area contributed by atoms with E-state index in [1.807, 2.05) is 37.3 Å². The third-order valence-electron chi connectivity index (χ3n) is 3.08. The fourth-order valence-electron chi connectivity index (χ4n) is 1.98. The summed E-state index contributed by atoms with van der Waals surface area (Å²) in [6.45, 7) is 1.98. The molecule has 2 rings (SSSR count). The number of aliphatic hydroxyl groups excluding tert-OH is 1. The van der Waals surface area contributed by atoms with E-state index in [4.69, 9.17) is 4.74 Å². The number of carbonyl (C=O) groups excluding carboxylic acids is 1. The van der Waals surface area contributed by atoms with Crippen molar-refractivity contribution >= 4 is 5.97 Å². The summed E-state index contributed by atoms with van der Waals surface area (Å²) in [7, 11) is 1.30.